The fourth-order valence-corrected chi connectivity index (χ4v) is 9.33. The van der Waals surface area contributed by atoms with Crippen LogP contribution in [-0.4, -0.2) is 112 Å². The molecule has 5 N–H and O–H groups in total. The Morgan fingerprint density at radius 2 is 1.43 bits per heavy atom. The van der Waals surface area contributed by atoms with Gasteiger partial charge in [0.2, 0.25) is 0 Å². The lowest BCUT2D eigenvalue weighted by atomic mass is 9.98. The predicted octanol–water partition coefficient (Wildman–Crippen LogP) is 2.65. The number of fused-ring (bicyclic) bond motifs is 4. The zero-order chi connectivity index (χ0) is 37.9. The van der Waals surface area contributed by atoms with Gasteiger partial charge in [-0.05, 0) is 20.8 Å². The molecule has 7 heterocycles. The summed E-state index contributed by atoms with van der Waals surface area (Å²) in [6.45, 7) is -1.34. The second-order valence-electron chi connectivity index (χ2n) is 13.1. The van der Waals surface area contributed by atoms with Crippen LogP contribution >= 0.6 is 25.8 Å². The number of hydrogen-bond acceptors (Lipinski definition) is 19. The van der Waals surface area contributed by atoms with Gasteiger partial charge in [0, 0.05) is 11.4 Å². The Kier molecular flexibility index (Phi) is 10.2. The summed E-state index contributed by atoms with van der Waals surface area (Å²) in [6, 6.07) is 0. The first-order chi connectivity index (χ1) is 25.1. The quantitative estimate of drug-likeness (QED) is 0.148. The number of hydrogen-bond donors (Lipinski definition) is 3. The molecule has 2 unspecified atom stereocenters. The highest BCUT2D eigenvalue weighted by Gasteiger charge is 2.54. The molecule has 0 bridgehead atoms. The third-order valence-corrected chi connectivity index (χ3v) is 12.8. The third kappa shape index (κ3) is 7.49. The average Bonchev–Trinajstić information content (AvgIpc) is 3.86. The zero-order valence-electron chi connectivity index (χ0n) is 28.1. The molecule has 3 aliphatic rings. The standard InChI is InChI=1S/C27H34F2N10O11P2S/c1-27(2,3)26(40)45-11-53-52(43)47-5-12-18(14(28)24(48-12)38-8-36-16-20(30)32-6-34-22(16)38)44-10-51(41,42)46-4-13-19(50-52)15(29)25(49-13)39-9-37-17-21(31)33-7-35-23(17)39/h6-9,12-15,18-19,24-25H,4-5,10-11H2,1-3H3,(H,41,42)(H2,30,32,34)(H2,31,33,35)/t12-,13-,14-,15-,18-,19-,24-,25-,52?/m1/s1. The summed E-state index contributed by atoms with van der Waals surface area (Å²) in [5.74, 6) is -1.20. The molecule has 0 amide bonds. The van der Waals surface area contributed by atoms with Crippen LogP contribution < -0.4 is 11.5 Å². The molecule has 7 rings (SSSR count). The molecule has 0 aromatic carbocycles. The lowest BCUT2D eigenvalue weighted by Crippen LogP contribution is -2.35. The van der Waals surface area contributed by atoms with E-state index in [1.54, 1.807) is 20.8 Å². The minimum atomic E-state index is -4.71. The largest absolute Gasteiger partial charge is 0.454 e. The van der Waals surface area contributed by atoms with Crippen LogP contribution in [0, 0.1) is 5.41 Å². The fraction of sp³-hybridized carbons (Fsp3) is 0.593. The summed E-state index contributed by atoms with van der Waals surface area (Å²) in [5.41, 5.74) is 11.3. The van der Waals surface area contributed by atoms with Crippen molar-refractivity contribution in [3.8, 4) is 0 Å². The first kappa shape index (κ1) is 37.9. The van der Waals surface area contributed by atoms with Gasteiger partial charge in [-0.25, -0.2) is 43.2 Å². The summed E-state index contributed by atoms with van der Waals surface area (Å²) in [7, 11) is -4.71. The van der Waals surface area contributed by atoms with E-state index >= 15 is 8.78 Å². The van der Waals surface area contributed by atoms with Crippen molar-refractivity contribution in [1.29, 1.82) is 0 Å². The number of carbonyl (C=O) groups is 1. The summed E-state index contributed by atoms with van der Waals surface area (Å²) < 4.78 is 103. The van der Waals surface area contributed by atoms with Crippen molar-refractivity contribution < 1.29 is 60.1 Å². The van der Waals surface area contributed by atoms with Gasteiger partial charge in [-0.2, -0.15) is 0 Å². The van der Waals surface area contributed by atoms with Gasteiger partial charge in [0.25, 0.3) is 0 Å². The second-order valence-corrected chi connectivity index (χ2v) is 18.9. The molecular formula is C27H34F2N10O11P2S. The molecule has 3 aliphatic heterocycles. The number of aromatic nitrogens is 8. The number of ether oxygens (including phenoxy) is 4. The van der Waals surface area contributed by atoms with Crippen molar-refractivity contribution in [2.24, 2.45) is 5.41 Å². The molecule has 4 aromatic heterocycles. The molecule has 53 heavy (non-hydrogen) atoms. The van der Waals surface area contributed by atoms with E-state index in [1.165, 1.54) is 21.8 Å². The first-order valence-corrected chi connectivity index (χ1v) is 20.7. The lowest BCUT2D eigenvalue weighted by molar-refractivity contribution is -0.150. The van der Waals surface area contributed by atoms with Gasteiger partial charge in [-0.3, -0.25) is 27.5 Å². The summed E-state index contributed by atoms with van der Waals surface area (Å²) in [6.07, 6.45) is -9.95. The average molecular weight is 807 g/mol. The number of rotatable bonds is 5. The van der Waals surface area contributed by atoms with E-state index in [2.05, 4.69) is 29.9 Å². The number of alkyl halides is 2. The van der Waals surface area contributed by atoms with Crippen molar-refractivity contribution in [3.05, 3.63) is 25.3 Å². The van der Waals surface area contributed by atoms with E-state index in [0.29, 0.717) is 11.4 Å². The monoisotopic (exact) mass is 806 g/mol. The van der Waals surface area contributed by atoms with Crippen LogP contribution in [0.5, 0.6) is 0 Å². The number of imidazole rings is 2. The molecule has 0 spiro atoms. The molecule has 0 saturated carbocycles. The summed E-state index contributed by atoms with van der Waals surface area (Å²) in [4.78, 5) is 47.4. The highest BCUT2D eigenvalue weighted by atomic mass is 32.7. The number of anilines is 2. The van der Waals surface area contributed by atoms with Gasteiger partial charge >= 0.3 is 20.4 Å². The van der Waals surface area contributed by atoms with Gasteiger partial charge in [-0.1, -0.05) is 0 Å². The normalized spacial score (nSPS) is 34.2. The van der Waals surface area contributed by atoms with Crippen LogP contribution in [0.2, 0.25) is 0 Å². The fourth-order valence-electron chi connectivity index (χ4n) is 5.72. The molecule has 10 atom stereocenters. The molecule has 0 aliphatic carbocycles. The third-order valence-electron chi connectivity index (χ3n) is 8.39. The molecule has 0 radical (unpaired) electrons. The molecule has 288 valence electrons. The Morgan fingerprint density at radius 3 is 2.00 bits per heavy atom. The van der Waals surface area contributed by atoms with Crippen molar-refractivity contribution >= 4 is 65.7 Å². The first-order valence-electron chi connectivity index (χ1n) is 15.8. The van der Waals surface area contributed by atoms with E-state index < -0.39 is 100 Å². The second kappa shape index (κ2) is 14.3. The van der Waals surface area contributed by atoms with Crippen LogP contribution in [0.25, 0.3) is 22.3 Å². The maximum Gasteiger partial charge on any atom is 0.392 e. The predicted molar refractivity (Wildman–Crippen MR) is 179 cm³/mol. The molecule has 26 heteroatoms. The Morgan fingerprint density at radius 1 is 0.906 bits per heavy atom. The van der Waals surface area contributed by atoms with Gasteiger partial charge in [0.05, 0.1) is 31.3 Å². The van der Waals surface area contributed by atoms with E-state index in [4.69, 9.17) is 44.0 Å². The molecule has 4 aromatic rings. The van der Waals surface area contributed by atoms with Gasteiger partial charge in [0.15, 0.2) is 47.7 Å². The summed E-state index contributed by atoms with van der Waals surface area (Å²) >= 11 is 0.399. The van der Waals surface area contributed by atoms with Crippen molar-refractivity contribution in [2.75, 3.05) is 37.0 Å². The maximum absolute atomic E-state index is 16.5. The van der Waals surface area contributed by atoms with E-state index in [-0.39, 0.29) is 34.0 Å². The van der Waals surface area contributed by atoms with Crippen LogP contribution in [0.1, 0.15) is 33.2 Å². The van der Waals surface area contributed by atoms with E-state index in [1.807, 2.05) is 0 Å². The number of nitrogens with two attached hydrogens (primary N) is 2. The molecule has 21 nitrogen and oxygen atoms in total. The zero-order valence-corrected chi connectivity index (χ0v) is 30.7. The number of esters is 1. The molecular weight excluding hydrogens is 772 g/mol. The maximum atomic E-state index is 16.5. The summed E-state index contributed by atoms with van der Waals surface area (Å²) in [5, 5.41) is 0. The highest BCUT2D eigenvalue weighted by Crippen LogP contribution is 2.63. The number of carbonyl (C=O) groups excluding carboxylic acids is 1. The van der Waals surface area contributed by atoms with Crippen LogP contribution in [-0.2, 0) is 46.4 Å². The number of nitrogens with zero attached hydrogens (tertiary/aromatic N) is 8. The van der Waals surface area contributed by atoms with E-state index in [9.17, 15) is 18.8 Å². The van der Waals surface area contributed by atoms with Crippen LogP contribution in [0.4, 0.5) is 20.4 Å². The van der Waals surface area contributed by atoms with Gasteiger partial charge in [0.1, 0.15) is 60.4 Å². The van der Waals surface area contributed by atoms with Crippen LogP contribution in [0.3, 0.4) is 0 Å². The number of halogens is 2. The SMILES string of the molecule is CC(C)(C)C(=O)OCSP1(=O)OC[C@H]2O[C@@H](n3cnc4c(N)ncnc43)[C@H](F)[C@@H]2OCP(=O)(O)OC[C@H]2O[C@@H](n3cnc4c(N)ncnc43)[C@H](F)[C@@H]2O1. The topological polar surface area (TPSA) is 275 Å². The smallest absolute Gasteiger partial charge is 0.392 e. The van der Waals surface area contributed by atoms with Gasteiger partial charge < -0.3 is 39.8 Å². The lowest BCUT2D eigenvalue weighted by Gasteiger charge is -2.26. The van der Waals surface area contributed by atoms with Crippen molar-refractivity contribution in [3.63, 3.8) is 0 Å². The Bertz CT molecular complexity index is 2110. The Hall–Kier alpha value is -3.44. The van der Waals surface area contributed by atoms with Crippen LogP contribution in [0.15, 0.2) is 25.3 Å². The van der Waals surface area contributed by atoms with Gasteiger partial charge in [-0.15, -0.1) is 0 Å². The minimum absolute atomic E-state index is 0.00781. The number of nitrogen functional groups attached to an aromatic ring is 2. The van der Waals surface area contributed by atoms with Crippen molar-refractivity contribution in [2.45, 2.75) is 70.0 Å². The highest BCUT2D eigenvalue weighted by molar-refractivity contribution is 8.55. The Labute approximate surface area is 302 Å². The Balaban J connectivity index is 1.20. The molecule has 3 saturated heterocycles. The minimum Gasteiger partial charge on any atom is -0.454 e. The molecule has 3 fully saturated rings. The van der Waals surface area contributed by atoms with Crippen molar-refractivity contribution in [1.82, 2.24) is 39.0 Å². The van der Waals surface area contributed by atoms with E-state index in [0.717, 1.165) is 12.7 Å².